The highest BCUT2D eigenvalue weighted by molar-refractivity contribution is 6.06. The molecule has 3 aromatic rings. The predicted octanol–water partition coefficient (Wildman–Crippen LogP) is 3.66. The molecule has 6 nitrogen and oxygen atoms in total. The quantitative estimate of drug-likeness (QED) is 0.699. The fourth-order valence-electron chi connectivity index (χ4n) is 2.90. The number of benzene rings is 1. The van der Waals surface area contributed by atoms with Gasteiger partial charge in [-0.1, -0.05) is 12.1 Å². The zero-order valence-electron chi connectivity index (χ0n) is 16.8. The minimum atomic E-state index is -0.269. The minimum Gasteiger partial charge on any atom is -0.340 e. The largest absolute Gasteiger partial charge is 0.340 e. The number of rotatable bonds is 6. The first-order valence-corrected chi connectivity index (χ1v) is 9.43. The number of likely N-dealkylation sites (N-methyl/N-ethyl adjacent to an activating group) is 1. The van der Waals surface area contributed by atoms with Crippen LogP contribution < -0.4 is 5.32 Å². The highest BCUT2D eigenvalue weighted by atomic mass is 16.2. The van der Waals surface area contributed by atoms with E-state index in [0.717, 1.165) is 28.8 Å². The third-order valence-corrected chi connectivity index (χ3v) is 4.71. The van der Waals surface area contributed by atoms with Crippen LogP contribution in [0.5, 0.6) is 0 Å². The molecule has 0 spiro atoms. The summed E-state index contributed by atoms with van der Waals surface area (Å²) in [5, 5.41) is 2.91. The number of carbonyl (C=O) groups excluding carboxylic acids is 2. The van der Waals surface area contributed by atoms with Gasteiger partial charge in [0.25, 0.3) is 11.8 Å². The minimum absolute atomic E-state index is 0.222. The van der Waals surface area contributed by atoms with E-state index in [1.54, 1.807) is 30.4 Å². The van der Waals surface area contributed by atoms with Crippen LogP contribution >= 0.6 is 0 Å². The molecule has 148 valence electrons. The number of hydrogen-bond acceptors (Lipinski definition) is 4. The van der Waals surface area contributed by atoms with Crippen molar-refractivity contribution in [2.24, 2.45) is 0 Å². The van der Waals surface area contributed by atoms with E-state index in [4.69, 9.17) is 0 Å². The van der Waals surface area contributed by atoms with E-state index in [1.165, 1.54) is 12.3 Å². The number of nitrogens with zero attached hydrogens (tertiary/aromatic N) is 3. The summed E-state index contributed by atoms with van der Waals surface area (Å²) in [4.78, 5) is 35.1. The summed E-state index contributed by atoms with van der Waals surface area (Å²) in [5.41, 5.74) is 4.54. The number of nitrogens with one attached hydrogen (secondary N) is 1. The predicted molar refractivity (Wildman–Crippen MR) is 113 cm³/mol. The van der Waals surface area contributed by atoms with Gasteiger partial charge in [-0.2, -0.15) is 0 Å². The van der Waals surface area contributed by atoms with Crippen molar-refractivity contribution in [3.05, 3.63) is 89.0 Å². The molecule has 0 radical (unpaired) electrons. The number of pyridine rings is 2. The SMILES string of the molecule is Cc1ccc(C)c(NC(=O)c2ccnc(C(=O)N(C)CCc3ccncc3)c2)c1. The maximum Gasteiger partial charge on any atom is 0.272 e. The van der Waals surface area contributed by atoms with Gasteiger partial charge in [-0.15, -0.1) is 0 Å². The molecule has 3 rings (SSSR count). The van der Waals surface area contributed by atoms with Gasteiger partial charge < -0.3 is 10.2 Å². The number of carbonyl (C=O) groups is 2. The average Bonchev–Trinajstić information content (AvgIpc) is 2.75. The zero-order valence-corrected chi connectivity index (χ0v) is 16.8. The summed E-state index contributed by atoms with van der Waals surface area (Å²) in [6, 6.07) is 12.9. The van der Waals surface area contributed by atoms with Gasteiger partial charge in [0, 0.05) is 43.4 Å². The van der Waals surface area contributed by atoms with Crippen LogP contribution in [0.25, 0.3) is 0 Å². The molecule has 6 heteroatoms. The smallest absolute Gasteiger partial charge is 0.272 e. The van der Waals surface area contributed by atoms with E-state index in [0.29, 0.717) is 12.1 Å². The number of aromatic nitrogens is 2. The molecule has 1 N–H and O–H groups in total. The van der Waals surface area contributed by atoms with Crippen molar-refractivity contribution in [1.29, 1.82) is 0 Å². The molecule has 29 heavy (non-hydrogen) atoms. The van der Waals surface area contributed by atoms with Gasteiger partial charge in [-0.05, 0) is 67.3 Å². The Labute approximate surface area is 170 Å². The van der Waals surface area contributed by atoms with Crippen LogP contribution in [-0.2, 0) is 6.42 Å². The summed E-state index contributed by atoms with van der Waals surface area (Å²) >= 11 is 0. The lowest BCUT2D eigenvalue weighted by molar-refractivity contribution is 0.0791. The van der Waals surface area contributed by atoms with Crippen molar-refractivity contribution in [3.8, 4) is 0 Å². The summed E-state index contributed by atoms with van der Waals surface area (Å²) in [5.74, 6) is -0.491. The first kappa shape index (κ1) is 20.2. The van der Waals surface area contributed by atoms with Crippen LogP contribution in [0.4, 0.5) is 5.69 Å². The van der Waals surface area contributed by atoms with E-state index in [2.05, 4.69) is 15.3 Å². The second-order valence-electron chi connectivity index (χ2n) is 7.03. The Hall–Kier alpha value is -3.54. The lowest BCUT2D eigenvalue weighted by atomic mass is 10.1. The number of aryl methyl sites for hydroxylation is 2. The maximum absolute atomic E-state index is 12.7. The summed E-state index contributed by atoms with van der Waals surface area (Å²) < 4.78 is 0. The van der Waals surface area contributed by atoms with E-state index in [9.17, 15) is 9.59 Å². The van der Waals surface area contributed by atoms with Crippen molar-refractivity contribution >= 4 is 17.5 Å². The highest BCUT2D eigenvalue weighted by Gasteiger charge is 2.16. The van der Waals surface area contributed by atoms with Gasteiger partial charge in [0.1, 0.15) is 5.69 Å². The first-order chi connectivity index (χ1) is 13.9. The third-order valence-electron chi connectivity index (χ3n) is 4.71. The number of anilines is 1. The molecule has 0 aliphatic carbocycles. The Morgan fingerprint density at radius 3 is 2.52 bits per heavy atom. The standard InChI is InChI=1S/C23H24N4O2/c1-16-4-5-17(2)20(14-16)26-22(28)19-8-12-25-21(15-19)23(29)27(3)13-9-18-6-10-24-11-7-18/h4-8,10-12,14-15H,9,13H2,1-3H3,(H,26,28). The van der Waals surface area contributed by atoms with Gasteiger partial charge in [-0.3, -0.25) is 19.6 Å². The highest BCUT2D eigenvalue weighted by Crippen LogP contribution is 2.17. The third kappa shape index (κ3) is 5.25. The van der Waals surface area contributed by atoms with E-state index in [-0.39, 0.29) is 17.5 Å². The Morgan fingerprint density at radius 1 is 1.00 bits per heavy atom. The van der Waals surface area contributed by atoms with Gasteiger partial charge in [0.15, 0.2) is 0 Å². The summed E-state index contributed by atoms with van der Waals surface area (Å²) in [6.45, 7) is 4.46. The molecule has 0 aliphatic heterocycles. The molecule has 2 heterocycles. The van der Waals surface area contributed by atoms with Gasteiger partial charge in [-0.25, -0.2) is 0 Å². The molecule has 1 aromatic carbocycles. The molecule has 0 saturated carbocycles. The lowest BCUT2D eigenvalue weighted by Gasteiger charge is -2.17. The first-order valence-electron chi connectivity index (χ1n) is 9.43. The fraction of sp³-hybridized carbons (Fsp3) is 0.217. The molecule has 0 unspecified atom stereocenters. The second-order valence-corrected chi connectivity index (χ2v) is 7.03. The van der Waals surface area contributed by atoms with Gasteiger partial charge >= 0.3 is 0 Å². The van der Waals surface area contributed by atoms with Crippen LogP contribution in [0.3, 0.4) is 0 Å². The van der Waals surface area contributed by atoms with Gasteiger partial charge in [0.05, 0.1) is 0 Å². The van der Waals surface area contributed by atoms with Gasteiger partial charge in [0.2, 0.25) is 0 Å². The van der Waals surface area contributed by atoms with Crippen LogP contribution in [0.2, 0.25) is 0 Å². The lowest BCUT2D eigenvalue weighted by Crippen LogP contribution is -2.29. The molecular formula is C23H24N4O2. The van der Waals surface area contributed by atoms with Crippen LogP contribution in [0, 0.1) is 13.8 Å². The van der Waals surface area contributed by atoms with Crippen molar-refractivity contribution < 1.29 is 9.59 Å². The van der Waals surface area contributed by atoms with Crippen molar-refractivity contribution in [2.45, 2.75) is 20.3 Å². The monoisotopic (exact) mass is 388 g/mol. The topological polar surface area (TPSA) is 75.2 Å². The van der Waals surface area contributed by atoms with E-state index >= 15 is 0 Å². The summed E-state index contributed by atoms with van der Waals surface area (Å²) in [7, 11) is 1.73. The normalized spacial score (nSPS) is 10.4. The van der Waals surface area contributed by atoms with Crippen molar-refractivity contribution in [2.75, 3.05) is 18.9 Å². The van der Waals surface area contributed by atoms with E-state index < -0.39 is 0 Å². The Balaban J connectivity index is 1.68. The molecule has 2 aromatic heterocycles. The maximum atomic E-state index is 12.7. The molecule has 0 bridgehead atoms. The molecule has 0 aliphatic rings. The summed E-state index contributed by atoms with van der Waals surface area (Å²) in [6.07, 6.45) is 5.67. The van der Waals surface area contributed by atoms with Crippen molar-refractivity contribution in [1.82, 2.24) is 14.9 Å². The average molecular weight is 388 g/mol. The molecular weight excluding hydrogens is 364 g/mol. The van der Waals surface area contributed by atoms with E-state index in [1.807, 2.05) is 44.2 Å². The van der Waals surface area contributed by atoms with Crippen LogP contribution in [-0.4, -0.2) is 40.3 Å². The number of hydrogen-bond donors (Lipinski definition) is 1. The Bertz CT molecular complexity index is 1020. The Kier molecular flexibility index (Phi) is 6.34. The fourth-order valence-corrected chi connectivity index (χ4v) is 2.90. The van der Waals surface area contributed by atoms with Crippen LogP contribution in [0.15, 0.2) is 61.1 Å². The molecule has 0 fully saturated rings. The molecule has 2 amide bonds. The van der Waals surface area contributed by atoms with Crippen molar-refractivity contribution in [3.63, 3.8) is 0 Å². The number of amides is 2. The Morgan fingerprint density at radius 2 is 1.76 bits per heavy atom. The van der Waals surface area contributed by atoms with Crippen LogP contribution in [0.1, 0.15) is 37.5 Å². The second kappa shape index (κ2) is 9.10. The molecule has 0 atom stereocenters. The molecule has 0 saturated heterocycles. The zero-order chi connectivity index (χ0) is 20.8.